The molecule has 6 nitrogen and oxygen atoms in total. The number of amides is 1. The Kier molecular flexibility index (Phi) is 5.73. The van der Waals surface area contributed by atoms with E-state index < -0.39 is 5.97 Å². The number of carboxylic acid groups (broad SMARTS) is 1. The number of hydrogen-bond acceptors (Lipinski definition) is 4. The minimum Gasteiger partial charge on any atom is -0.478 e. The van der Waals surface area contributed by atoms with Crippen LogP contribution in [-0.4, -0.2) is 28.7 Å². The predicted octanol–water partition coefficient (Wildman–Crippen LogP) is 2.84. The molecule has 0 saturated carbocycles. The average molecular weight is 330 g/mol. The van der Waals surface area contributed by atoms with E-state index in [0.29, 0.717) is 19.4 Å². The molecule has 0 saturated heterocycles. The average Bonchev–Trinajstić information content (AvgIpc) is 2.86. The summed E-state index contributed by atoms with van der Waals surface area (Å²) in [6.45, 7) is 6.16. The van der Waals surface area contributed by atoms with Crippen LogP contribution in [0.15, 0.2) is 28.8 Å². The third-order valence-corrected chi connectivity index (χ3v) is 3.98. The number of carboxylic acids is 1. The van der Waals surface area contributed by atoms with Crippen LogP contribution in [0.4, 0.5) is 0 Å². The molecule has 2 rings (SSSR count). The molecule has 2 N–H and O–H groups in total. The first-order valence-corrected chi connectivity index (χ1v) is 7.90. The van der Waals surface area contributed by atoms with Gasteiger partial charge in [0.1, 0.15) is 5.76 Å². The largest absolute Gasteiger partial charge is 0.478 e. The number of rotatable bonds is 7. The summed E-state index contributed by atoms with van der Waals surface area (Å²) in [5.74, 6) is -0.212. The molecule has 0 spiro atoms. The molecule has 0 aliphatic carbocycles. The van der Waals surface area contributed by atoms with Crippen molar-refractivity contribution in [2.75, 3.05) is 6.54 Å². The van der Waals surface area contributed by atoms with Gasteiger partial charge in [-0.05, 0) is 43.9 Å². The molecule has 0 aliphatic rings. The Morgan fingerprint density at radius 1 is 1.33 bits per heavy atom. The highest BCUT2D eigenvalue weighted by Gasteiger charge is 2.19. The van der Waals surface area contributed by atoms with Crippen molar-refractivity contribution in [3.05, 3.63) is 52.4 Å². The lowest BCUT2D eigenvalue weighted by Crippen LogP contribution is -2.26. The molecule has 1 unspecified atom stereocenters. The zero-order valence-electron chi connectivity index (χ0n) is 14.1. The number of nitrogens with zero attached hydrogens (tertiary/aromatic N) is 1. The van der Waals surface area contributed by atoms with Crippen molar-refractivity contribution in [3.63, 3.8) is 0 Å². The summed E-state index contributed by atoms with van der Waals surface area (Å²) >= 11 is 0. The number of hydrogen-bond donors (Lipinski definition) is 2. The number of aryl methyl sites for hydroxylation is 2. The zero-order chi connectivity index (χ0) is 17.7. The highest BCUT2D eigenvalue weighted by Crippen LogP contribution is 2.25. The highest BCUT2D eigenvalue weighted by molar-refractivity contribution is 5.87. The maximum absolute atomic E-state index is 12.1. The van der Waals surface area contributed by atoms with Gasteiger partial charge in [0.2, 0.25) is 5.91 Å². The van der Waals surface area contributed by atoms with E-state index in [9.17, 15) is 9.59 Å². The van der Waals surface area contributed by atoms with Crippen LogP contribution in [0, 0.1) is 13.8 Å². The van der Waals surface area contributed by atoms with Gasteiger partial charge in [0.15, 0.2) is 0 Å². The Balaban J connectivity index is 1.83. The van der Waals surface area contributed by atoms with Crippen LogP contribution in [0.25, 0.3) is 0 Å². The fourth-order valence-corrected chi connectivity index (χ4v) is 2.85. The van der Waals surface area contributed by atoms with E-state index in [1.807, 2.05) is 26.8 Å². The lowest BCUT2D eigenvalue weighted by Gasteiger charge is -2.11. The minimum atomic E-state index is -0.950. The fraction of sp³-hybridized carbons (Fsp3) is 0.389. The number of carbonyl (C=O) groups excluding carboxylic acids is 1. The van der Waals surface area contributed by atoms with Crippen LogP contribution in [0.3, 0.4) is 0 Å². The predicted molar refractivity (Wildman–Crippen MR) is 89.1 cm³/mol. The molecule has 0 radical (unpaired) electrons. The molecule has 1 atom stereocenters. The molecule has 1 aromatic carbocycles. The van der Waals surface area contributed by atoms with Crippen molar-refractivity contribution in [2.24, 2.45) is 0 Å². The molecule has 2 aromatic rings. The van der Waals surface area contributed by atoms with Gasteiger partial charge in [-0.25, -0.2) is 4.79 Å². The van der Waals surface area contributed by atoms with Crippen LogP contribution in [0.1, 0.15) is 52.2 Å². The van der Waals surface area contributed by atoms with Crippen molar-refractivity contribution >= 4 is 11.9 Å². The standard InChI is InChI=1S/C18H22N2O4/c1-11(17-12(2)20-24-13(17)3)9-16(21)19-8-7-14-5-4-6-15(10-14)18(22)23/h4-6,10-11H,7-9H2,1-3H3,(H,19,21)(H,22,23). The Hall–Kier alpha value is -2.63. The van der Waals surface area contributed by atoms with Crippen molar-refractivity contribution < 1.29 is 19.2 Å². The molecule has 0 bridgehead atoms. The lowest BCUT2D eigenvalue weighted by molar-refractivity contribution is -0.121. The van der Waals surface area contributed by atoms with E-state index >= 15 is 0 Å². The third-order valence-electron chi connectivity index (χ3n) is 3.98. The molecular formula is C18H22N2O4. The summed E-state index contributed by atoms with van der Waals surface area (Å²) in [5, 5.41) is 15.8. The molecule has 1 amide bonds. The van der Waals surface area contributed by atoms with Crippen molar-refractivity contribution in [2.45, 2.75) is 39.5 Å². The first-order valence-electron chi connectivity index (χ1n) is 7.90. The molecule has 0 aliphatic heterocycles. The fourth-order valence-electron chi connectivity index (χ4n) is 2.85. The van der Waals surface area contributed by atoms with E-state index in [0.717, 1.165) is 22.6 Å². The van der Waals surface area contributed by atoms with E-state index in [2.05, 4.69) is 10.5 Å². The first-order chi connectivity index (χ1) is 11.4. The van der Waals surface area contributed by atoms with Gasteiger partial charge >= 0.3 is 5.97 Å². The van der Waals surface area contributed by atoms with Crippen molar-refractivity contribution in [1.29, 1.82) is 0 Å². The number of aromatic carboxylic acids is 1. The Morgan fingerprint density at radius 3 is 2.71 bits per heavy atom. The summed E-state index contributed by atoms with van der Waals surface area (Å²) in [7, 11) is 0. The smallest absolute Gasteiger partial charge is 0.335 e. The monoisotopic (exact) mass is 330 g/mol. The number of nitrogens with one attached hydrogen (secondary N) is 1. The Morgan fingerprint density at radius 2 is 2.08 bits per heavy atom. The number of aromatic nitrogens is 1. The van der Waals surface area contributed by atoms with Crippen molar-refractivity contribution in [1.82, 2.24) is 10.5 Å². The van der Waals surface area contributed by atoms with E-state index in [1.54, 1.807) is 18.2 Å². The SMILES string of the molecule is Cc1noc(C)c1C(C)CC(=O)NCCc1cccc(C(=O)O)c1. The van der Waals surface area contributed by atoms with Crippen LogP contribution in [0.5, 0.6) is 0 Å². The van der Waals surface area contributed by atoms with Gasteiger partial charge in [-0.3, -0.25) is 4.79 Å². The maximum atomic E-state index is 12.1. The minimum absolute atomic E-state index is 0.0339. The lowest BCUT2D eigenvalue weighted by atomic mass is 9.96. The first kappa shape index (κ1) is 17.7. The van der Waals surface area contributed by atoms with Gasteiger partial charge < -0.3 is 14.9 Å². The van der Waals surface area contributed by atoms with Crippen LogP contribution in [0.2, 0.25) is 0 Å². The second-order valence-electron chi connectivity index (χ2n) is 5.95. The second-order valence-corrected chi connectivity index (χ2v) is 5.95. The Labute approximate surface area is 140 Å². The Bertz CT molecular complexity index is 717. The summed E-state index contributed by atoms with van der Waals surface area (Å²) in [6.07, 6.45) is 0.949. The van der Waals surface area contributed by atoms with Gasteiger partial charge in [-0.2, -0.15) is 0 Å². The topological polar surface area (TPSA) is 92.4 Å². The third kappa shape index (κ3) is 4.44. The zero-order valence-corrected chi connectivity index (χ0v) is 14.1. The highest BCUT2D eigenvalue weighted by atomic mass is 16.5. The molecule has 0 fully saturated rings. The van der Waals surface area contributed by atoms with Crippen molar-refractivity contribution in [3.8, 4) is 0 Å². The summed E-state index contributed by atoms with van der Waals surface area (Å²) < 4.78 is 5.14. The molecule has 6 heteroatoms. The molecule has 1 aromatic heterocycles. The van der Waals surface area contributed by atoms with E-state index in [-0.39, 0.29) is 17.4 Å². The molecule has 128 valence electrons. The van der Waals surface area contributed by atoms with Crippen LogP contribution >= 0.6 is 0 Å². The quantitative estimate of drug-likeness (QED) is 0.814. The maximum Gasteiger partial charge on any atom is 0.335 e. The van der Waals surface area contributed by atoms with E-state index in [4.69, 9.17) is 9.63 Å². The second kappa shape index (κ2) is 7.77. The molecular weight excluding hydrogens is 308 g/mol. The van der Waals surface area contributed by atoms with Gasteiger partial charge in [-0.1, -0.05) is 24.2 Å². The number of carbonyl (C=O) groups is 2. The molecule has 24 heavy (non-hydrogen) atoms. The summed E-state index contributed by atoms with van der Waals surface area (Å²) in [4.78, 5) is 23.0. The van der Waals surface area contributed by atoms with Gasteiger partial charge in [0, 0.05) is 18.5 Å². The van der Waals surface area contributed by atoms with Crippen LogP contribution < -0.4 is 5.32 Å². The summed E-state index contributed by atoms with van der Waals surface area (Å²) in [5.41, 5.74) is 2.94. The van der Waals surface area contributed by atoms with E-state index in [1.165, 1.54) is 0 Å². The normalized spacial score (nSPS) is 12.0. The van der Waals surface area contributed by atoms with Crippen LogP contribution in [-0.2, 0) is 11.2 Å². The summed E-state index contributed by atoms with van der Waals surface area (Å²) in [6, 6.07) is 6.74. The van der Waals surface area contributed by atoms with Gasteiger partial charge in [-0.15, -0.1) is 0 Å². The van der Waals surface area contributed by atoms with Gasteiger partial charge in [0.05, 0.1) is 11.3 Å². The number of benzene rings is 1. The molecule has 1 heterocycles. The van der Waals surface area contributed by atoms with Gasteiger partial charge in [0.25, 0.3) is 0 Å².